The Hall–Kier alpha value is -2.38. The highest BCUT2D eigenvalue weighted by atomic mass is 32.2. The zero-order valence-corrected chi connectivity index (χ0v) is 16.5. The van der Waals surface area contributed by atoms with Crippen LogP contribution in [-0.2, 0) is 23.1 Å². The van der Waals surface area contributed by atoms with Crippen LogP contribution >= 0.6 is 0 Å². The normalized spacial score (nSPS) is 15.9. The Kier molecular flexibility index (Phi) is 5.82. The summed E-state index contributed by atoms with van der Waals surface area (Å²) in [5.74, 6) is -0.0569. The van der Waals surface area contributed by atoms with Gasteiger partial charge in [0.2, 0.25) is 10.0 Å². The van der Waals surface area contributed by atoms with Gasteiger partial charge in [-0.25, -0.2) is 8.42 Å². The first-order chi connectivity index (χ1) is 12.8. The zero-order valence-electron chi connectivity index (χ0n) is 15.7. The molecule has 0 unspecified atom stereocenters. The van der Waals surface area contributed by atoms with Gasteiger partial charge < -0.3 is 10.2 Å². The lowest BCUT2D eigenvalue weighted by Gasteiger charge is -2.17. The maximum atomic E-state index is 12.5. The third-order valence-electron chi connectivity index (χ3n) is 4.47. The number of carbonyl (C=O) groups excluding carboxylic acids is 1. The number of nitrogens with zero attached hydrogens (tertiary/aromatic N) is 2. The Morgan fingerprint density at radius 1 is 1.11 bits per heavy atom. The molecule has 1 aliphatic rings. The molecule has 1 heterocycles. The molecule has 2 aromatic rings. The van der Waals surface area contributed by atoms with Gasteiger partial charge in [-0.2, -0.15) is 0 Å². The minimum atomic E-state index is -3.25. The van der Waals surface area contributed by atoms with Crippen molar-refractivity contribution in [3.8, 4) is 0 Å². The van der Waals surface area contributed by atoms with E-state index < -0.39 is 10.0 Å². The van der Waals surface area contributed by atoms with Crippen molar-refractivity contribution in [1.82, 2.24) is 10.2 Å². The van der Waals surface area contributed by atoms with Crippen LogP contribution in [-0.4, -0.2) is 45.6 Å². The zero-order chi connectivity index (χ0) is 19.4. The number of hydrogen-bond donors (Lipinski definition) is 1. The summed E-state index contributed by atoms with van der Waals surface area (Å²) in [6, 6.07) is 14.9. The molecule has 1 saturated heterocycles. The molecule has 0 atom stereocenters. The van der Waals surface area contributed by atoms with Gasteiger partial charge in [-0.1, -0.05) is 30.3 Å². The second-order valence-electron chi connectivity index (χ2n) is 7.03. The Bertz CT molecular complexity index is 908. The van der Waals surface area contributed by atoms with Crippen LogP contribution in [0.15, 0.2) is 48.5 Å². The lowest BCUT2D eigenvalue weighted by molar-refractivity contribution is 0.0951. The predicted molar refractivity (Wildman–Crippen MR) is 107 cm³/mol. The van der Waals surface area contributed by atoms with Crippen molar-refractivity contribution in [3.05, 3.63) is 65.2 Å². The van der Waals surface area contributed by atoms with Crippen molar-refractivity contribution in [3.63, 3.8) is 0 Å². The average Bonchev–Trinajstić information content (AvgIpc) is 2.99. The molecule has 1 aliphatic heterocycles. The van der Waals surface area contributed by atoms with Gasteiger partial charge in [0.1, 0.15) is 0 Å². The maximum Gasteiger partial charge on any atom is 0.251 e. The quantitative estimate of drug-likeness (QED) is 0.825. The molecule has 0 aromatic heterocycles. The number of hydrogen-bond acceptors (Lipinski definition) is 4. The van der Waals surface area contributed by atoms with Crippen LogP contribution < -0.4 is 9.62 Å². The lowest BCUT2D eigenvalue weighted by Crippen LogP contribution is -2.26. The first kappa shape index (κ1) is 19.4. The highest BCUT2D eigenvalue weighted by Crippen LogP contribution is 2.24. The van der Waals surface area contributed by atoms with Crippen molar-refractivity contribution in [1.29, 1.82) is 0 Å². The van der Waals surface area contributed by atoms with E-state index in [1.54, 1.807) is 24.3 Å². The molecule has 0 aliphatic carbocycles. The molecule has 0 spiro atoms. The number of nitrogens with one attached hydrogen (secondary N) is 1. The average molecular weight is 388 g/mol. The standard InChI is InChI=1S/C20H25N3O3S/c1-22(2)15-17-9-7-16(8-10-17)14-21-20(24)18-5-3-6-19(13-18)23-11-4-12-27(23,25)26/h3,5-10,13H,4,11-12,14-15H2,1-2H3,(H,21,24). The number of rotatable bonds is 6. The Labute approximate surface area is 160 Å². The molecule has 27 heavy (non-hydrogen) atoms. The first-order valence-corrected chi connectivity index (χ1v) is 10.6. The van der Waals surface area contributed by atoms with E-state index in [1.807, 2.05) is 26.2 Å². The fraction of sp³-hybridized carbons (Fsp3) is 0.350. The van der Waals surface area contributed by atoms with Crippen LogP contribution in [0.5, 0.6) is 0 Å². The highest BCUT2D eigenvalue weighted by Gasteiger charge is 2.28. The van der Waals surface area contributed by atoms with Gasteiger partial charge in [-0.3, -0.25) is 9.10 Å². The van der Waals surface area contributed by atoms with E-state index in [9.17, 15) is 13.2 Å². The molecule has 3 rings (SSSR count). The Balaban J connectivity index is 1.64. The number of sulfonamides is 1. The smallest absolute Gasteiger partial charge is 0.251 e. The van der Waals surface area contributed by atoms with E-state index in [0.29, 0.717) is 30.8 Å². The van der Waals surface area contributed by atoms with E-state index in [4.69, 9.17) is 0 Å². The van der Waals surface area contributed by atoms with E-state index in [-0.39, 0.29) is 11.7 Å². The molecule has 1 fully saturated rings. The van der Waals surface area contributed by atoms with Crippen molar-refractivity contribution >= 4 is 21.6 Å². The summed E-state index contributed by atoms with van der Waals surface area (Å²) in [5.41, 5.74) is 3.24. The summed E-state index contributed by atoms with van der Waals surface area (Å²) in [4.78, 5) is 14.6. The summed E-state index contributed by atoms with van der Waals surface area (Å²) >= 11 is 0. The fourth-order valence-corrected chi connectivity index (χ4v) is 4.70. The van der Waals surface area contributed by atoms with Crippen molar-refractivity contribution in [2.75, 3.05) is 30.7 Å². The highest BCUT2D eigenvalue weighted by molar-refractivity contribution is 7.93. The van der Waals surface area contributed by atoms with Crippen LogP contribution in [0.4, 0.5) is 5.69 Å². The topological polar surface area (TPSA) is 69.7 Å². The molecular formula is C20H25N3O3S. The second-order valence-corrected chi connectivity index (χ2v) is 9.04. The van der Waals surface area contributed by atoms with Gasteiger partial charge in [-0.15, -0.1) is 0 Å². The molecule has 1 amide bonds. The van der Waals surface area contributed by atoms with E-state index in [2.05, 4.69) is 22.3 Å². The molecule has 0 saturated carbocycles. The molecule has 0 radical (unpaired) electrons. The molecule has 6 nitrogen and oxygen atoms in total. The van der Waals surface area contributed by atoms with Gasteiger partial charge >= 0.3 is 0 Å². The van der Waals surface area contributed by atoms with Crippen LogP contribution in [0.2, 0.25) is 0 Å². The van der Waals surface area contributed by atoms with Crippen LogP contribution in [0.1, 0.15) is 27.9 Å². The lowest BCUT2D eigenvalue weighted by atomic mass is 10.1. The third kappa shape index (κ3) is 4.87. The third-order valence-corrected chi connectivity index (χ3v) is 6.34. The van der Waals surface area contributed by atoms with Crippen molar-refractivity contribution in [2.45, 2.75) is 19.5 Å². The number of carbonyl (C=O) groups is 1. The molecule has 1 N–H and O–H groups in total. The minimum Gasteiger partial charge on any atom is -0.348 e. The van der Waals surface area contributed by atoms with Crippen molar-refractivity contribution in [2.24, 2.45) is 0 Å². The SMILES string of the molecule is CN(C)Cc1ccc(CNC(=O)c2cccc(N3CCCS3(=O)=O)c2)cc1. The molecular weight excluding hydrogens is 362 g/mol. The van der Waals surface area contributed by atoms with Crippen molar-refractivity contribution < 1.29 is 13.2 Å². The summed E-state index contributed by atoms with van der Waals surface area (Å²) < 4.78 is 25.5. The first-order valence-electron chi connectivity index (χ1n) is 8.96. The van der Waals surface area contributed by atoms with Gasteiger partial charge in [-0.05, 0) is 49.8 Å². The van der Waals surface area contributed by atoms with E-state index >= 15 is 0 Å². The van der Waals surface area contributed by atoms with Crippen LogP contribution in [0.25, 0.3) is 0 Å². The van der Waals surface area contributed by atoms with Gasteiger partial charge in [0.15, 0.2) is 0 Å². The van der Waals surface area contributed by atoms with Crippen LogP contribution in [0.3, 0.4) is 0 Å². The maximum absolute atomic E-state index is 12.5. The van der Waals surface area contributed by atoms with Crippen LogP contribution in [0, 0.1) is 0 Å². The Morgan fingerprint density at radius 3 is 2.44 bits per heavy atom. The van der Waals surface area contributed by atoms with Gasteiger partial charge in [0.25, 0.3) is 5.91 Å². The second kappa shape index (κ2) is 8.10. The fourth-order valence-electron chi connectivity index (χ4n) is 3.14. The predicted octanol–water partition coefficient (Wildman–Crippen LogP) is 2.22. The summed E-state index contributed by atoms with van der Waals surface area (Å²) in [6.45, 7) is 1.76. The number of anilines is 1. The number of benzene rings is 2. The van der Waals surface area contributed by atoms with Gasteiger partial charge in [0.05, 0.1) is 11.4 Å². The molecule has 144 valence electrons. The monoisotopic (exact) mass is 387 g/mol. The van der Waals surface area contributed by atoms with Gasteiger partial charge in [0, 0.05) is 25.2 Å². The molecule has 0 bridgehead atoms. The number of amides is 1. The summed E-state index contributed by atoms with van der Waals surface area (Å²) in [7, 11) is 0.794. The summed E-state index contributed by atoms with van der Waals surface area (Å²) in [5, 5.41) is 2.90. The largest absolute Gasteiger partial charge is 0.348 e. The van der Waals surface area contributed by atoms with E-state index in [1.165, 1.54) is 9.87 Å². The Morgan fingerprint density at radius 2 is 1.81 bits per heavy atom. The molecule has 7 heteroatoms. The van der Waals surface area contributed by atoms with E-state index in [0.717, 1.165) is 12.1 Å². The minimum absolute atomic E-state index is 0.160. The summed E-state index contributed by atoms with van der Waals surface area (Å²) in [6.07, 6.45) is 0.614. The molecule has 2 aromatic carbocycles.